The Balaban J connectivity index is 2.10. The number of nitrogens with one attached hydrogen (secondary N) is 2. The van der Waals surface area contributed by atoms with Crippen LogP contribution in [0.2, 0.25) is 0 Å². The lowest BCUT2D eigenvalue weighted by Gasteiger charge is -2.23. The number of piperidine rings is 1. The molecule has 1 aliphatic heterocycles. The molecular formula is C15H22N2O2. The van der Waals surface area contributed by atoms with E-state index in [-0.39, 0.29) is 11.9 Å². The molecule has 1 fully saturated rings. The molecule has 0 aliphatic carbocycles. The van der Waals surface area contributed by atoms with E-state index in [2.05, 4.69) is 17.6 Å². The molecule has 0 radical (unpaired) electrons. The van der Waals surface area contributed by atoms with Gasteiger partial charge in [0, 0.05) is 0 Å². The molecule has 2 rings (SSSR count). The zero-order valence-corrected chi connectivity index (χ0v) is 11.7. The van der Waals surface area contributed by atoms with E-state index in [1.165, 1.54) is 5.56 Å². The van der Waals surface area contributed by atoms with Crippen molar-refractivity contribution in [2.24, 2.45) is 0 Å². The van der Waals surface area contributed by atoms with Crippen molar-refractivity contribution in [2.45, 2.75) is 38.6 Å². The van der Waals surface area contributed by atoms with Gasteiger partial charge in [-0.15, -0.1) is 0 Å². The number of carbonyl (C=O) groups excluding carboxylic acids is 1. The smallest absolute Gasteiger partial charge is 0.241 e. The number of hydrogen-bond donors (Lipinski definition) is 2. The maximum absolute atomic E-state index is 12.2. The average molecular weight is 262 g/mol. The van der Waals surface area contributed by atoms with Gasteiger partial charge in [0.2, 0.25) is 5.91 Å². The highest BCUT2D eigenvalue weighted by atomic mass is 16.5. The highest BCUT2D eigenvalue weighted by Crippen LogP contribution is 2.26. The van der Waals surface area contributed by atoms with Crippen LogP contribution in [0, 0.1) is 0 Å². The number of amides is 1. The van der Waals surface area contributed by atoms with E-state index >= 15 is 0 Å². The van der Waals surface area contributed by atoms with E-state index in [0.717, 1.165) is 37.9 Å². The summed E-state index contributed by atoms with van der Waals surface area (Å²) >= 11 is 0. The van der Waals surface area contributed by atoms with Gasteiger partial charge in [0.05, 0.1) is 18.8 Å². The van der Waals surface area contributed by atoms with E-state index in [0.29, 0.717) is 5.75 Å². The Morgan fingerprint density at radius 1 is 1.47 bits per heavy atom. The third-order valence-corrected chi connectivity index (χ3v) is 3.56. The lowest BCUT2D eigenvalue weighted by molar-refractivity contribution is -0.118. The number of methoxy groups -OCH3 is 1. The SMILES string of the molecule is CCc1ccc(OC)c(NC(=O)C2CCCCN2)c1. The van der Waals surface area contributed by atoms with Crippen LogP contribution < -0.4 is 15.4 Å². The molecule has 0 spiro atoms. The number of benzene rings is 1. The molecule has 0 bridgehead atoms. The minimum absolute atomic E-state index is 0.0336. The molecule has 4 heteroatoms. The van der Waals surface area contributed by atoms with Crippen LogP contribution in [0.1, 0.15) is 31.7 Å². The van der Waals surface area contributed by atoms with Crippen LogP contribution in [0.5, 0.6) is 5.75 Å². The summed E-state index contributed by atoms with van der Waals surface area (Å²) in [4.78, 5) is 12.2. The summed E-state index contributed by atoms with van der Waals surface area (Å²) in [5, 5.41) is 6.23. The van der Waals surface area contributed by atoms with Crippen molar-refractivity contribution in [1.82, 2.24) is 5.32 Å². The molecule has 0 saturated carbocycles. The molecular weight excluding hydrogens is 240 g/mol. The summed E-state index contributed by atoms with van der Waals surface area (Å²) in [5.74, 6) is 0.743. The first-order valence-electron chi connectivity index (χ1n) is 6.95. The van der Waals surface area contributed by atoms with Gasteiger partial charge in [-0.05, 0) is 43.5 Å². The van der Waals surface area contributed by atoms with Crippen LogP contribution in [-0.2, 0) is 11.2 Å². The molecule has 104 valence electrons. The van der Waals surface area contributed by atoms with Crippen LogP contribution in [0.3, 0.4) is 0 Å². The van der Waals surface area contributed by atoms with E-state index < -0.39 is 0 Å². The highest BCUT2D eigenvalue weighted by Gasteiger charge is 2.21. The number of rotatable bonds is 4. The Hall–Kier alpha value is -1.55. The fraction of sp³-hybridized carbons (Fsp3) is 0.533. The van der Waals surface area contributed by atoms with Crippen molar-refractivity contribution < 1.29 is 9.53 Å². The molecule has 1 aromatic rings. The Morgan fingerprint density at radius 2 is 2.32 bits per heavy atom. The van der Waals surface area contributed by atoms with Gasteiger partial charge in [-0.1, -0.05) is 19.4 Å². The minimum Gasteiger partial charge on any atom is -0.495 e. The fourth-order valence-electron chi connectivity index (χ4n) is 2.37. The van der Waals surface area contributed by atoms with Gasteiger partial charge >= 0.3 is 0 Å². The van der Waals surface area contributed by atoms with E-state index in [1.807, 2.05) is 18.2 Å². The molecule has 1 saturated heterocycles. The quantitative estimate of drug-likeness (QED) is 0.875. The second kappa shape index (κ2) is 6.57. The second-order valence-corrected chi connectivity index (χ2v) is 4.88. The van der Waals surface area contributed by atoms with Gasteiger partial charge in [-0.25, -0.2) is 0 Å². The standard InChI is InChI=1S/C15H22N2O2/c1-3-11-7-8-14(19-2)13(10-11)17-15(18)12-6-4-5-9-16-12/h7-8,10,12,16H,3-6,9H2,1-2H3,(H,17,18). The van der Waals surface area contributed by atoms with Crippen LogP contribution in [0.25, 0.3) is 0 Å². The van der Waals surface area contributed by atoms with Crippen molar-refractivity contribution in [3.05, 3.63) is 23.8 Å². The van der Waals surface area contributed by atoms with Gasteiger partial charge in [0.1, 0.15) is 5.75 Å². The third kappa shape index (κ3) is 3.47. The zero-order chi connectivity index (χ0) is 13.7. The van der Waals surface area contributed by atoms with Gasteiger partial charge in [-0.3, -0.25) is 4.79 Å². The first-order chi connectivity index (χ1) is 9.24. The summed E-state index contributed by atoms with van der Waals surface area (Å²) in [6.45, 7) is 3.01. The summed E-state index contributed by atoms with van der Waals surface area (Å²) in [6.07, 6.45) is 4.10. The van der Waals surface area contributed by atoms with Crippen molar-refractivity contribution in [1.29, 1.82) is 0 Å². The summed E-state index contributed by atoms with van der Waals surface area (Å²) in [7, 11) is 1.62. The molecule has 1 amide bonds. The monoisotopic (exact) mass is 262 g/mol. The summed E-state index contributed by atoms with van der Waals surface area (Å²) in [5.41, 5.74) is 1.95. The van der Waals surface area contributed by atoms with Crippen molar-refractivity contribution in [2.75, 3.05) is 19.0 Å². The molecule has 19 heavy (non-hydrogen) atoms. The van der Waals surface area contributed by atoms with Gasteiger partial charge in [0.25, 0.3) is 0 Å². The third-order valence-electron chi connectivity index (χ3n) is 3.56. The van der Waals surface area contributed by atoms with Crippen molar-refractivity contribution >= 4 is 11.6 Å². The van der Waals surface area contributed by atoms with E-state index in [9.17, 15) is 4.79 Å². The van der Waals surface area contributed by atoms with E-state index in [1.54, 1.807) is 7.11 Å². The van der Waals surface area contributed by atoms with Crippen LogP contribution in [0.15, 0.2) is 18.2 Å². The number of anilines is 1. The molecule has 4 nitrogen and oxygen atoms in total. The van der Waals surface area contributed by atoms with Crippen LogP contribution in [0.4, 0.5) is 5.69 Å². The Labute approximate surface area is 114 Å². The van der Waals surface area contributed by atoms with Crippen molar-refractivity contribution in [3.63, 3.8) is 0 Å². The maximum Gasteiger partial charge on any atom is 0.241 e. The van der Waals surface area contributed by atoms with Crippen LogP contribution in [-0.4, -0.2) is 25.6 Å². The van der Waals surface area contributed by atoms with Crippen LogP contribution >= 0.6 is 0 Å². The largest absolute Gasteiger partial charge is 0.495 e. The predicted molar refractivity (Wildman–Crippen MR) is 76.6 cm³/mol. The summed E-state index contributed by atoms with van der Waals surface area (Å²) in [6, 6.07) is 5.83. The summed E-state index contributed by atoms with van der Waals surface area (Å²) < 4.78 is 5.30. The molecule has 1 atom stereocenters. The van der Waals surface area contributed by atoms with Gasteiger partial charge in [-0.2, -0.15) is 0 Å². The first-order valence-corrected chi connectivity index (χ1v) is 6.95. The zero-order valence-electron chi connectivity index (χ0n) is 11.7. The minimum atomic E-state index is -0.0799. The average Bonchev–Trinajstić information content (AvgIpc) is 2.48. The predicted octanol–water partition coefficient (Wildman–Crippen LogP) is 2.34. The lowest BCUT2D eigenvalue weighted by atomic mass is 10.0. The number of aryl methyl sites for hydroxylation is 1. The Kier molecular flexibility index (Phi) is 4.80. The fourth-order valence-corrected chi connectivity index (χ4v) is 2.37. The molecule has 1 aliphatic rings. The number of carbonyl (C=O) groups is 1. The lowest BCUT2D eigenvalue weighted by Crippen LogP contribution is -2.43. The maximum atomic E-state index is 12.2. The van der Waals surface area contributed by atoms with Gasteiger partial charge < -0.3 is 15.4 Å². The number of ether oxygens (including phenoxy) is 1. The molecule has 1 heterocycles. The Morgan fingerprint density at radius 3 is 2.95 bits per heavy atom. The molecule has 0 aromatic heterocycles. The molecule has 1 unspecified atom stereocenters. The highest BCUT2D eigenvalue weighted by molar-refractivity contribution is 5.96. The Bertz CT molecular complexity index is 440. The normalized spacial score (nSPS) is 18.9. The second-order valence-electron chi connectivity index (χ2n) is 4.88. The van der Waals surface area contributed by atoms with Crippen molar-refractivity contribution in [3.8, 4) is 5.75 Å². The molecule has 1 aromatic carbocycles. The van der Waals surface area contributed by atoms with E-state index in [4.69, 9.17) is 4.74 Å². The van der Waals surface area contributed by atoms with Gasteiger partial charge in [0.15, 0.2) is 0 Å². The first kappa shape index (κ1) is 13.9. The number of hydrogen-bond acceptors (Lipinski definition) is 3. The topological polar surface area (TPSA) is 50.4 Å². The molecule has 2 N–H and O–H groups in total.